The van der Waals surface area contributed by atoms with Crippen LogP contribution in [0.25, 0.3) is 0 Å². The molecule has 0 bridgehead atoms. The van der Waals surface area contributed by atoms with Gasteiger partial charge in [0.2, 0.25) is 6.41 Å². The molecule has 0 aliphatic carbocycles. The minimum absolute atomic E-state index is 0.0595. The summed E-state index contributed by atoms with van der Waals surface area (Å²) in [6, 6.07) is 10.0. The molecule has 1 heterocycles. The highest BCUT2D eigenvalue weighted by atomic mass is 35.5. The van der Waals surface area contributed by atoms with Crippen molar-refractivity contribution in [3.05, 3.63) is 63.6 Å². The highest BCUT2D eigenvalue weighted by Crippen LogP contribution is 2.49. The largest absolute Gasteiger partial charge is 0.435 e. The molecule has 0 aromatic heterocycles. The second-order valence-electron chi connectivity index (χ2n) is 7.04. The molecule has 0 saturated heterocycles. The van der Waals surface area contributed by atoms with Crippen LogP contribution >= 0.6 is 23.2 Å². The number of hydrogen-bond donors (Lipinski definition) is 2. The van der Waals surface area contributed by atoms with Gasteiger partial charge in [-0.3, -0.25) is 15.6 Å². The third-order valence-electron chi connectivity index (χ3n) is 4.46. The van der Waals surface area contributed by atoms with Crippen LogP contribution in [0, 0.1) is 0 Å². The Balaban J connectivity index is 0.000000733. The molecule has 1 aliphatic rings. The minimum atomic E-state index is -4.76. The maximum Gasteiger partial charge on any atom is 0.435 e. The Hall–Kier alpha value is -2.49. The Morgan fingerprint density at radius 2 is 1.74 bits per heavy atom. The van der Waals surface area contributed by atoms with Gasteiger partial charge in [-0.15, -0.1) is 0 Å². The average molecular weight is 522 g/mol. The van der Waals surface area contributed by atoms with Gasteiger partial charge in [0.15, 0.2) is 0 Å². The van der Waals surface area contributed by atoms with E-state index in [9.17, 15) is 18.0 Å². The first kappa shape index (κ1) is 29.5. The predicted octanol–water partition coefficient (Wildman–Crippen LogP) is 6.72. The number of nitrogens with one attached hydrogen (secondary N) is 2. The smallest absolute Gasteiger partial charge is 0.382 e. The van der Waals surface area contributed by atoms with E-state index < -0.39 is 18.2 Å². The van der Waals surface area contributed by atoms with Gasteiger partial charge in [-0.1, -0.05) is 54.3 Å². The molecule has 11 heteroatoms. The summed E-state index contributed by atoms with van der Waals surface area (Å²) in [6.07, 6.45) is -4.51. The Bertz CT molecular complexity index is 952. The number of halogens is 5. The third-order valence-corrected chi connectivity index (χ3v) is 4.89. The van der Waals surface area contributed by atoms with Crippen LogP contribution in [0.2, 0.25) is 10.0 Å². The maximum atomic E-state index is 14.0. The van der Waals surface area contributed by atoms with E-state index in [1.54, 1.807) is 25.3 Å². The molecule has 0 fully saturated rings. The van der Waals surface area contributed by atoms with Gasteiger partial charge in [0, 0.05) is 34.7 Å². The topological polar surface area (TPSA) is 72.0 Å². The van der Waals surface area contributed by atoms with Crippen LogP contribution in [0.1, 0.15) is 45.2 Å². The third kappa shape index (κ3) is 7.78. The summed E-state index contributed by atoms with van der Waals surface area (Å²) < 4.78 is 46.6. The maximum absolute atomic E-state index is 14.0. The van der Waals surface area contributed by atoms with Gasteiger partial charge in [0.05, 0.1) is 17.5 Å². The number of amides is 1. The first-order valence-corrected chi connectivity index (χ1v) is 11.1. The zero-order valence-corrected chi connectivity index (χ0v) is 21.0. The lowest BCUT2D eigenvalue weighted by molar-refractivity contribution is -0.275. The highest BCUT2D eigenvalue weighted by Gasteiger charge is 2.62. The fourth-order valence-corrected chi connectivity index (χ4v) is 3.26. The second-order valence-corrected chi connectivity index (χ2v) is 7.91. The van der Waals surface area contributed by atoms with Crippen LogP contribution in [-0.4, -0.2) is 31.5 Å². The number of hydrazine groups is 1. The fraction of sp³-hybridized carbons (Fsp3) is 0.391. The number of ether oxygens (including phenoxy) is 1. The van der Waals surface area contributed by atoms with E-state index in [1.165, 1.54) is 12.1 Å². The number of carbonyl (C=O) groups excluding carboxylic acids is 1. The fourth-order valence-electron chi connectivity index (χ4n) is 2.73. The van der Waals surface area contributed by atoms with Crippen molar-refractivity contribution in [1.29, 1.82) is 0 Å². The molecule has 2 aromatic rings. The molecule has 1 aliphatic heterocycles. The molecule has 0 spiro atoms. The van der Waals surface area contributed by atoms with E-state index in [0.29, 0.717) is 23.8 Å². The monoisotopic (exact) mass is 521 g/mol. The van der Waals surface area contributed by atoms with Crippen LogP contribution in [0.5, 0.6) is 0 Å². The van der Waals surface area contributed by atoms with Crippen molar-refractivity contribution in [3.63, 3.8) is 0 Å². The average Bonchev–Trinajstić information content (AvgIpc) is 3.26. The Morgan fingerprint density at radius 1 is 1.15 bits per heavy atom. The zero-order valence-electron chi connectivity index (χ0n) is 19.5. The zero-order chi connectivity index (χ0) is 25.9. The van der Waals surface area contributed by atoms with Gasteiger partial charge in [-0.25, -0.2) is 0 Å². The van der Waals surface area contributed by atoms with E-state index in [-0.39, 0.29) is 21.3 Å². The molecule has 6 nitrogen and oxygen atoms in total. The van der Waals surface area contributed by atoms with E-state index in [0.717, 1.165) is 12.1 Å². The Labute approximate surface area is 207 Å². The Morgan fingerprint density at radius 3 is 2.24 bits per heavy atom. The van der Waals surface area contributed by atoms with Crippen molar-refractivity contribution in [2.24, 2.45) is 5.16 Å². The summed E-state index contributed by atoms with van der Waals surface area (Å²) in [5, 5.41) is 3.79. The van der Waals surface area contributed by atoms with Gasteiger partial charge < -0.3 is 9.57 Å². The molecule has 1 atom stereocenters. The molecular formula is C23H28Cl2F3N3O3. The summed E-state index contributed by atoms with van der Waals surface area (Å²) in [6.45, 7) is 8.00. The van der Waals surface area contributed by atoms with Crippen molar-refractivity contribution in [2.45, 2.75) is 52.0 Å². The van der Waals surface area contributed by atoms with Crippen LogP contribution in [-0.2, 0) is 20.0 Å². The summed E-state index contributed by atoms with van der Waals surface area (Å²) in [5.41, 5.74) is 2.88. The van der Waals surface area contributed by atoms with Crippen molar-refractivity contribution >= 4 is 41.0 Å². The van der Waals surface area contributed by atoms with Gasteiger partial charge in [0.1, 0.15) is 0 Å². The molecule has 34 heavy (non-hydrogen) atoms. The molecule has 2 aromatic carbocycles. The number of anilines is 1. The lowest BCUT2D eigenvalue weighted by atomic mass is 9.86. The molecule has 3 rings (SSSR count). The van der Waals surface area contributed by atoms with Gasteiger partial charge >= 0.3 is 6.18 Å². The number of nitrogens with zero attached hydrogens (tertiary/aromatic N) is 1. The number of benzene rings is 2. The predicted molar refractivity (Wildman–Crippen MR) is 129 cm³/mol. The normalized spacial score (nSPS) is 16.9. The van der Waals surface area contributed by atoms with Crippen molar-refractivity contribution in [3.8, 4) is 0 Å². The minimum Gasteiger partial charge on any atom is -0.382 e. The number of carbonyl (C=O) groups is 1. The lowest BCUT2D eigenvalue weighted by Gasteiger charge is -2.29. The van der Waals surface area contributed by atoms with E-state index in [2.05, 4.69) is 16.0 Å². The number of oxime groups is 1. The van der Waals surface area contributed by atoms with Gasteiger partial charge in [0.25, 0.3) is 5.60 Å². The van der Waals surface area contributed by atoms with E-state index in [1.807, 2.05) is 27.7 Å². The highest BCUT2D eigenvalue weighted by molar-refractivity contribution is 6.34. The number of hydrogen-bond acceptors (Lipinski definition) is 5. The first-order valence-electron chi connectivity index (χ1n) is 10.4. The van der Waals surface area contributed by atoms with E-state index >= 15 is 0 Å². The van der Waals surface area contributed by atoms with Crippen molar-refractivity contribution in [1.82, 2.24) is 5.43 Å². The molecule has 1 unspecified atom stereocenters. The summed E-state index contributed by atoms with van der Waals surface area (Å²) >= 11 is 11.7. The van der Waals surface area contributed by atoms with Gasteiger partial charge in [-0.05, 0) is 44.2 Å². The number of alkyl halides is 3. The van der Waals surface area contributed by atoms with Crippen LogP contribution in [0.15, 0.2) is 47.6 Å². The quantitative estimate of drug-likeness (QED) is 0.327. The van der Waals surface area contributed by atoms with E-state index in [4.69, 9.17) is 32.8 Å². The molecule has 188 valence electrons. The molecule has 0 radical (unpaired) electrons. The standard InChI is InChI=1S/C17H12Cl2F3N3O2.C4H10O.C2H6/c18-12-5-11(6-13(19)7-12)16(17(20,21)22)8-15(25-27-16)10-2-1-3-14(4-10)24-23-9-26;1-4(2)5-3;1-2/h1-7,9,24H,8H2,(H,23,26);4H,1-3H3;1-2H3. The Kier molecular flexibility index (Phi) is 11.7. The second kappa shape index (κ2) is 13.4. The molecular weight excluding hydrogens is 494 g/mol. The van der Waals surface area contributed by atoms with Crippen LogP contribution in [0.4, 0.5) is 18.9 Å². The van der Waals surface area contributed by atoms with Crippen molar-refractivity contribution in [2.75, 3.05) is 12.5 Å². The first-order chi connectivity index (χ1) is 16.0. The lowest BCUT2D eigenvalue weighted by Crippen LogP contribution is -2.42. The van der Waals surface area contributed by atoms with Gasteiger partial charge in [-0.2, -0.15) is 13.2 Å². The van der Waals surface area contributed by atoms with Crippen LogP contribution < -0.4 is 10.9 Å². The molecule has 2 N–H and O–H groups in total. The summed E-state index contributed by atoms with van der Waals surface area (Å²) in [5.74, 6) is 0. The summed E-state index contributed by atoms with van der Waals surface area (Å²) in [7, 11) is 1.70. The number of rotatable bonds is 6. The van der Waals surface area contributed by atoms with Crippen molar-refractivity contribution < 1.29 is 27.5 Å². The SMILES string of the molecule is CC.COC(C)C.O=CNNc1cccc(C2=NOC(c3cc(Cl)cc(Cl)c3)(C(F)(F)F)C2)c1. The summed E-state index contributed by atoms with van der Waals surface area (Å²) in [4.78, 5) is 15.3. The number of methoxy groups -OCH3 is 1. The molecule has 0 saturated carbocycles. The molecule has 1 amide bonds. The van der Waals surface area contributed by atoms with Crippen LogP contribution in [0.3, 0.4) is 0 Å².